The number of benzene rings is 1. The summed E-state index contributed by atoms with van der Waals surface area (Å²) in [6, 6.07) is 9.88. The van der Waals surface area contributed by atoms with E-state index in [2.05, 4.69) is 6.58 Å². The number of hydrogen-bond donors (Lipinski definition) is 1. The molecule has 0 amide bonds. The molecule has 1 rings (SSSR count). The molecule has 0 heterocycles. The van der Waals surface area contributed by atoms with Crippen LogP contribution < -0.4 is 0 Å². The first kappa shape index (κ1) is 11.7. The Labute approximate surface area is 90.5 Å². The van der Waals surface area contributed by atoms with Gasteiger partial charge < -0.3 is 9.84 Å². The zero-order valence-corrected chi connectivity index (χ0v) is 8.67. The van der Waals surface area contributed by atoms with E-state index in [9.17, 15) is 0 Å². The van der Waals surface area contributed by atoms with Crippen molar-refractivity contribution in [3.05, 3.63) is 60.7 Å². The van der Waals surface area contributed by atoms with Crippen LogP contribution in [0.5, 0.6) is 0 Å². The monoisotopic (exact) mass is 204 g/mol. The van der Waals surface area contributed by atoms with Crippen LogP contribution in [0.3, 0.4) is 0 Å². The van der Waals surface area contributed by atoms with Crippen molar-refractivity contribution in [2.45, 2.75) is 12.7 Å². The predicted molar refractivity (Wildman–Crippen MR) is 61.4 cm³/mol. The standard InChI is InChI=1S/C13H16O2/c1-2-3-9-13(10-14)15-11-12-7-5-4-6-8-12/h2-9,13-14H,1,10-11H2/b9-3+/t13-/m0/s1. The van der Waals surface area contributed by atoms with Gasteiger partial charge >= 0.3 is 0 Å². The maximum atomic E-state index is 9.02. The van der Waals surface area contributed by atoms with Gasteiger partial charge in [0.2, 0.25) is 0 Å². The molecule has 80 valence electrons. The molecule has 0 saturated heterocycles. The summed E-state index contributed by atoms with van der Waals surface area (Å²) in [6.45, 7) is 4.05. The van der Waals surface area contributed by atoms with Gasteiger partial charge in [0.05, 0.1) is 19.3 Å². The SMILES string of the molecule is C=C/C=C/[C@@H](CO)OCc1ccccc1. The van der Waals surface area contributed by atoms with Crippen molar-refractivity contribution in [2.75, 3.05) is 6.61 Å². The Morgan fingerprint density at radius 1 is 1.33 bits per heavy atom. The largest absolute Gasteiger partial charge is 0.393 e. The molecular weight excluding hydrogens is 188 g/mol. The third kappa shape index (κ3) is 4.58. The molecule has 15 heavy (non-hydrogen) atoms. The van der Waals surface area contributed by atoms with Crippen LogP contribution in [0.1, 0.15) is 5.56 Å². The van der Waals surface area contributed by atoms with Crippen LogP contribution in [0.15, 0.2) is 55.1 Å². The zero-order chi connectivity index (χ0) is 10.9. The van der Waals surface area contributed by atoms with Crippen molar-refractivity contribution < 1.29 is 9.84 Å². The maximum absolute atomic E-state index is 9.02. The zero-order valence-electron chi connectivity index (χ0n) is 8.67. The maximum Gasteiger partial charge on any atom is 0.0994 e. The lowest BCUT2D eigenvalue weighted by Gasteiger charge is -2.10. The minimum atomic E-state index is -0.261. The van der Waals surface area contributed by atoms with Crippen molar-refractivity contribution in [2.24, 2.45) is 0 Å². The van der Waals surface area contributed by atoms with Crippen molar-refractivity contribution in [1.82, 2.24) is 0 Å². The number of aliphatic hydroxyl groups excluding tert-OH is 1. The number of rotatable bonds is 6. The van der Waals surface area contributed by atoms with Crippen LogP contribution in [-0.2, 0) is 11.3 Å². The molecule has 0 bridgehead atoms. The molecule has 0 saturated carbocycles. The first-order valence-electron chi connectivity index (χ1n) is 4.92. The quantitative estimate of drug-likeness (QED) is 0.720. The smallest absolute Gasteiger partial charge is 0.0994 e. The highest BCUT2D eigenvalue weighted by atomic mass is 16.5. The van der Waals surface area contributed by atoms with Crippen molar-refractivity contribution in [3.63, 3.8) is 0 Å². The molecule has 2 nitrogen and oxygen atoms in total. The summed E-state index contributed by atoms with van der Waals surface area (Å²) in [4.78, 5) is 0. The van der Waals surface area contributed by atoms with Crippen LogP contribution in [0.2, 0.25) is 0 Å². The molecule has 0 spiro atoms. The van der Waals surface area contributed by atoms with Gasteiger partial charge in [-0.15, -0.1) is 0 Å². The Balaban J connectivity index is 2.41. The fourth-order valence-corrected chi connectivity index (χ4v) is 1.15. The van der Waals surface area contributed by atoms with Gasteiger partial charge in [-0.05, 0) is 5.56 Å². The summed E-state index contributed by atoms with van der Waals surface area (Å²) in [5.41, 5.74) is 1.10. The van der Waals surface area contributed by atoms with E-state index in [1.165, 1.54) is 0 Å². The van der Waals surface area contributed by atoms with E-state index >= 15 is 0 Å². The van der Waals surface area contributed by atoms with E-state index in [0.717, 1.165) is 5.56 Å². The highest BCUT2D eigenvalue weighted by Gasteiger charge is 2.02. The number of hydrogen-bond acceptors (Lipinski definition) is 2. The highest BCUT2D eigenvalue weighted by Crippen LogP contribution is 2.04. The molecule has 1 aromatic rings. The molecule has 0 aliphatic carbocycles. The van der Waals surface area contributed by atoms with Crippen molar-refractivity contribution in [1.29, 1.82) is 0 Å². The molecule has 1 aromatic carbocycles. The molecule has 0 aliphatic heterocycles. The van der Waals surface area contributed by atoms with Gasteiger partial charge in [-0.25, -0.2) is 0 Å². The van der Waals surface area contributed by atoms with Gasteiger partial charge in [0.1, 0.15) is 0 Å². The Morgan fingerprint density at radius 3 is 2.67 bits per heavy atom. The number of aliphatic hydroxyl groups is 1. The van der Waals surface area contributed by atoms with E-state index in [4.69, 9.17) is 9.84 Å². The van der Waals surface area contributed by atoms with Crippen molar-refractivity contribution in [3.8, 4) is 0 Å². The summed E-state index contributed by atoms with van der Waals surface area (Å²) < 4.78 is 5.49. The molecule has 2 heteroatoms. The normalized spacial score (nSPS) is 12.9. The van der Waals surface area contributed by atoms with E-state index in [1.807, 2.05) is 30.3 Å². The molecule has 1 atom stereocenters. The van der Waals surface area contributed by atoms with Gasteiger partial charge in [0, 0.05) is 0 Å². The fourth-order valence-electron chi connectivity index (χ4n) is 1.15. The summed E-state index contributed by atoms with van der Waals surface area (Å²) in [6.07, 6.45) is 4.96. The fraction of sp³-hybridized carbons (Fsp3) is 0.231. The summed E-state index contributed by atoms with van der Waals surface area (Å²) >= 11 is 0. The Kier molecular flexibility index (Phi) is 5.44. The van der Waals surface area contributed by atoms with Crippen LogP contribution in [0.4, 0.5) is 0 Å². The van der Waals surface area contributed by atoms with Gasteiger partial charge in [-0.2, -0.15) is 0 Å². The van der Waals surface area contributed by atoms with Gasteiger partial charge in [-0.3, -0.25) is 0 Å². The number of allylic oxidation sites excluding steroid dienone is 2. The molecule has 0 aliphatic rings. The van der Waals surface area contributed by atoms with Crippen LogP contribution in [0, 0.1) is 0 Å². The van der Waals surface area contributed by atoms with Crippen LogP contribution >= 0.6 is 0 Å². The molecule has 1 N–H and O–H groups in total. The lowest BCUT2D eigenvalue weighted by atomic mass is 10.2. The van der Waals surface area contributed by atoms with Crippen LogP contribution in [0.25, 0.3) is 0 Å². The summed E-state index contributed by atoms with van der Waals surface area (Å²) in [5, 5.41) is 9.02. The highest BCUT2D eigenvalue weighted by molar-refractivity contribution is 5.13. The van der Waals surface area contributed by atoms with E-state index in [1.54, 1.807) is 18.2 Å². The summed E-state index contributed by atoms with van der Waals surface area (Å²) in [5.74, 6) is 0. The second-order valence-electron chi connectivity index (χ2n) is 3.14. The molecule has 0 unspecified atom stereocenters. The third-order valence-electron chi connectivity index (χ3n) is 1.95. The average molecular weight is 204 g/mol. The Morgan fingerprint density at radius 2 is 2.07 bits per heavy atom. The van der Waals surface area contributed by atoms with Crippen molar-refractivity contribution >= 4 is 0 Å². The van der Waals surface area contributed by atoms with E-state index < -0.39 is 0 Å². The molecule has 0 radical (unpaired) electrons. The van der Waals surface area contributed by atoms with E-state index in [0.29, 0.717) is 6.61 Å². The molecular formula is C13H16O2. The first-order chi connectivity index (χ1) is 7.36. The molecule has 0 fully saturated rings. The van der Waals surface area contributed by atoms with Gasteiger partial charge in [-0.1, -0.05) is 55.1 Å². The average Bonchev–Trinajstić information content (AvgIpc) is 2.31. The Bertz CT molecular complexity index is 304. The van der Waals surface area contributed by atoms with Crippen LogP contribution in [-0.4, -0.2) is 17.8 Å². The minimum absolute atomic E-state index is 0.0167. The second-order valence-corrected chi connectivity index (χ2v) is 3.14. The lowest BCUT2D eigenvalue weighted by Crippen LogP contribution is -2.14. The Hall–Kier alpha value is -1.38. The lowest BCUT2D eigenvalue weighted by molar-refractivity contribution is 0.0322. The predicted octanol–water partition coefficient (Wildman–Crippen LogP) is 2.31. The van der Waals surface area contributed by atoms with Gasteiger partial charge in [0.15, 0.2) is 0 Å². The second kappa shape index (κ2) is 6.98. The first-order valence-corrected chi connectivity index (χ1v) is 4.92. The number of ether oxygens (including phenoxy) is 1. The molecule has 0 aromatic heterocycles. The van der Waals surface area contributed by atoms with Gasteiger partial charge in [0.25, 0.3) is 0 Å². The summed E-state index contributed by atoms with van der Waals surface area (Å²) in [7, 11) is 0. The van der Waals surface area contributed by atoms with E-state index in [-0.39, 0.29) is 12.7 Å². The minimum Gasteiger partial charge on any atom is -0.393 e. The topological polar surface area (TPSA) is 29.5 Å². The third-order valence-corrected chi connectivity index (χ3v) is 1.95.